The van der Waals surface area contributed by atoms with Gasteiger partial charge in [0.25, 0.3) is 0 Å². The maximum absolute atomic E-state index is 5.32. The summed E-state index contributed by atoms with van der Waals surface area (Å²) < 4.78 is 5.32. The van der Waals surface area contributed by atoms with Gasteiger partial charge in [0.1, 0.15) is 5.75 Å². The maximum atomic E-state index is 5.32. The van der Waals surface area contributed by atoms with Gasteiger partial charge in [-0.15, -0.1) is 24.0 Å². The zero-order chi connectivity index (χ0) is 19.8. The number of likely N-dealkylation sites (tertiary alicyclic amines) is 2. The van der Waals surface area contributed by atoms with Crippen molar-refractivity contribution in [1.29, 1.82) is 0 Å². The Hall–Kier alpha value is -1.06. The van der Waals surface area contributed by atoms with Crippen LogP contribution in [0.5, 0.6) is 5.75 Å². The first kappa shape index (κ1) is 24.2. The molecule has 2 fully saturated rings. The number of nitrogens with zero attached hydrogens (tertiary/aromatic N) is 3. The second kappa shape index (κ2) is 12.6. The molecule has 1 unspecified atom stereocenters. The molecule has 1 aromatic rings. The van der Waals surface area contributed by atoms with Gasteiger partial charge in [-0.2, -0.15) is 0 Å². The molecule has 0 aliphatic carbocycles. The Morgan fingerprint density at radius 2 is 1.76 bits per heavy atom. The van der Waals surface area contributed by atoms with E-state index in [0.29, 0.717) is 6.04 Å². The quantitative estimate of drug-likeness (QED) is 0.333. The van der Waals surface area contributed by atoms with Crippen LogP contribution in [0.4, 0.5) is 0 Å². The average Bonchev–Trinajstić information content (AvgIpc) is 3.26. The largest absolute Gasteiger partial charge is 0.497 e. The van der Waals surface area contributed by atoms with E-state index in [-0.39, 0.29) is 24.0 Å². The summed E-state index contributed by atoms with van der Waals surface area (Å²) in [6.07, 6.45) is 5.11. The summed E-state index contributed by atoms with van der Waals surface area (Å²) in [4.78, 5) is 9.45. The van der Waals surface area contributed by atoms with Crippen LogP contribution in [0.1, 0.15) is 37.3 Å². The molecule has 0 amide bonds. The van der Waals surface area contributed by atoms with E-state index >= 15 is 0 Å². The number of ether oxygens (including phenoxy) is 1. The van der Waals surface area contributed by atoms with Crippen molar-refractivity contribution < 1.29 is 4.74 Å². The van der Waals surface area contributed by atoms with Crippen LogP contribution in [-0.2, 0) is 0 Å². The monoisotopic (exact) mass is 515 g/mol. The Balaban J connectivity index is 0.00000300. The van der Waals surface area contributed by atoms with Crippen LogP contribution in [0, 0.1) is 5.92 Å². The van der Waals surface area contributed by atoms with Gasteiger partial charge in [0.2, 0.25) is 0 Å². The summed E-state index contributed by atoms with van der Waals surface area (Å²) in [6.45, 7) is 6.60. The second-order valence-electron chi connectivity index (χ2n) is 8.11. The smallest absolute Gasteiger partial charge is 0.191 e. The molecule has 7 heteroatoms. The Bertz CT molecular complexity index is 610. The van der Waals surface area contributed by atoms with Gasteiger partial charge in [-0.3, -0.25) is 9.89 Å². The Kier molecular flexibility index (Phi) is 10.5. The zero-order valence-electron chi connectivity index (χ0n) is 18.2. The lowest BCUT2D eigenvalue weighted by Gasteiger charge is -2.30. The first-order valence-electron chi connectivity index (χ1n) is 10.7. The molecule has 0 bridgehead atoms. The fraction of sp³-hybridized carbons (Fsp3) is 0.682. The number of halogens is 1. The number of piperidine rings is 1. The molecule has 29 heavy (non-hydrogen) atoms. The number of rotatable bonds is 7. The van der Waals surface area contributed by atoms with Gasteiger partial charge in [-0.25, -0.2) is 0 Å². The minimum Gasteiger partial charge on any atom is -0.497 e. The van der Waals surface area contributed by atoms with E-state index in [1.165, 1.54) is 57.4 Å². The topological polar surface area (TPSA) is 52.1 Å². The molecule has 0 saturated carbocycles. The molecule has 0 aromatic heterocycles. The lowest BCUT2D eigenvalue weighted by Crippen LogP contribution is -2.45. The highest BCUT2D eigenvalue weighted by Gasteiger charge is 2.24. The van der Waals surface area contributed by atoms with Gasteiger partial charge < -0.3 is 20.3 Å². The van der Waals surface area contributed by atoms with Crippen molar-refractivity contribution in [3.63, 3.8) is 0 Å². The average molecular weight is 515 g/mol. The van der Waals surface area contributed by atoms with Crippen LogP contribution < -0.4 is 15.4 Å². The number of benzene rings is 1. The van der Waals surface area contributed by atoms with Crippen molar-refractivity contribution in [2.75, 3.05) is 60.5 Å². The molecular weight excluding hydrogens is 477 g/mol. The third kappa shape index (κ3) is 7.29. The first-order valence-corrected chi connectivity index (χ1v) is 10.7. The van der Waals surface area contributed by atoms with E-state index in [4.69, 9.17) is 4.74 Å². The van der Waals surface area contributed by atoms with Crippen LogP contribution in [0.15, 0.2) is 29.3 Å². The van der Waals surface area contributed by atoms with E-state index in [1.807, 2.05) is 7.05 Å². The second-order valence-corrected chi connectivity index (χ2v) is 8.11. The van der Waals surface area contributed by atoms with Crippen molar-refractivity contribution in [2.45, 2.75) is 31.7 Å². The van der Waals surface area contributed by atoms with E-state index < -0.39 is 0 Å². The predicted octanol–water partition coefficient (Wildman–Crippen LogP) is 2.96. The predicted molar refractivity (Wildman–Crippen MR) is 132 cm³/mol. The minimum atomic E-state index is 0. The van der Waals surface area contributed by atoms with E-state index in [9.17, 15) is 0 Å². The zero-order valence-corrected chi connectivity index (χ0v) is 20.5. The normalized spacial score (nSPS) is 20.2. The number of aliphatic imine (C=N–C) groups is 1. The molecule has 2 heterocycles. The SMILES string of the molecule is CN=C(NCC1CCN(C)CC1)NCC(c1ccc(OC)cc1)N1CCCC1.I. The highest BCUT2D eigenvalue weighted by molar-refractivity contribution is 14.0. The van der Waals surface area contributed by atoms with Crippen molar-refractivity contribution >= 4 is 29.9 Å². The molecule has 0 spiro atoms. The van der Waals surface area contributed by atoms with Crippen LogP contribution in [0.3, 0.4) is 0 Å². The van der Waals surface area contributed by atoms with Crippen LogP contribution in [0.2, 0.25) is 0 Å². The molecule has 3 rings (SSSR count). The van der Waals surface area contributed by atoms with Crippen LogP contribution in [0.25, 0.3) is 0 Å². The van der Waals surface area contributed by atoms with Crippen LogP contribution >= 0.6 is 24.0 Å². The number of hydrogen-bond donors (Lipinski definition) is 2. The third-order valence-corrected chi connectivity index (χ3v) is 6.16. The molecule has 2 aliphatic heterocycles. The molecule has 6 nitrogen and oxygen atoms in total. The highest BCUT2D eigenvalue weighted by atomic mass is 127. The minimum absolute atomic E-state index is 0. The van der Waals surface area contributed by atoms with Crippen LogP contribution in [-0.4, -0.2) is 76.2 Å². The lowest BCUT2D eigenvalue weighted by molar-refractivity contribution is 0.219. The Labute approximate surface area is 193 Å². The maximum Gasteiger partial charge on any atom is 0.191 e. The number of guanidine groups is 1. The molecule has 164 valence electrons. The fourth-order valence-corrected chi connectivity index (χ4v) is 4.26. The number of methoxy groups -OCH3 is 1. The summed E-state index contributed by atoms with van der Waals surface area (Å²) in [6, 6.07) is 8.86. The highest BCUT2D eigenvalue weighted by Crippen LogP contribution is 2.26. The fourth-order valence-electron chi connectivity index (χ4n) is 4.26. The number of nitrogens with one attached hydrogen (secondary N) is 2. The van der Waals surface area contributed by atoms with Gasteiger partial charge in [0, 0.05) is 20.1 Å². The molecular formula is C22H38IN5O. The van der Waals surface area contributed by atoms with Crippen molar-refractivity contribution in [2.24, 2.45) is 10.9 Å². The molecule has 2 N–H and O–H groups in total. The van der Waals surface area contributed by atoms with Crippen molar-refractivity contribution in [3.05, 3.63) is 29.8 Å². The first-order chi connectivity index (χ1) is 13.7. The summed E-state index contributed by atoms with van der Waals surface area (Å²) in [5.74, 6) is 2.56. The lowest BCUT2D eigenvalue weighted by atomic mass is 9.97. The summed E-state index contributed by atoms with van der Waals surface area (Å²) >= 11 is 0. The summed E-state index contributed by atoms with van der Waals surface area (Å²) in [5, 5.41) is 7.13. The van der Waals surface area contributed by atoms with E-state index in [2.05, 4.69) is 56.7 Å². The van der Waals surface area contributed by atoms with Gasteiger partial charge in [-0.05, 0) is 82.5 Å². The van der Waals surface area contributed by atoms with E-state index in [1.54, 1.807) is 7.11 Å². The molecule has 1 atom stereocenters. The van der Waals surface area contributed by atoms with Gasteiger partial charge in [-0.1, -0.05) is 12.1 Å². The molecule has 1 aromatic carbocycles. The Morgan fingerprint density at radius 1 is 1.10 bits per heavy atom. The Morgan fingerprint density at radius 3 is 2.34 bits per heavy atom. The van der Waals surface area contributed by atoms with Gasteiger partial charge >= 0.3 is 0 Å². The molecule has 2 saturated heterocycles. The van der Waals surface area contributed by atoms with Crippen molar-refractivity contribution in [3.8, 4) is 5.75 Å². The molecule has 2 aliphatic rings. The molecule has 0 radical (unpaired) electrons. The van der Waals surface area contributed by atoms with Gasteiger partial charge in [0.15, 0.2) is 5.96 Å². The van der Waals surface area contributed by atoms with E-state index in [0.717, 1.165) is 30.7 Å². The van der Waals surface area contributed by atoms with Gasteiger partial charge in [0.05, 0.1) is 13.2 Å². The summed E-state index contributed by atoms with van der Waals surface area (Å²) in [5.41, 5.74) is 1.33. The number of hydrogen-bond acceptors (Lipinski definition) is 4. The standard InChI is InChI=1S/C22H37N5O.HI/c1-23-22(24-16-18-10-14-26(2)15-11-18)25-17-21(27-12-4-5-13-27)19-6-8-20(28-3)9-7-19;/h6-9,18,21H,4-5,10-17H2,1-3H3,(H2,23,24,25);1H. The third-order valence-electron chi connectivity index (χ3n) is 6.16. The van der Waals surface area contributed by atoms with Crippen molar-refractivity contribution in [1.82, 2.24) is 20.4 Å². The summed E-state index contributed by atoms with van der Waals surface area (Å²) in [7, 11) is 5.79.